The number of rotatable bonds is 6. The Morgan fingerprint density at radius 2 is 2.00 bits per heavy atom. The van der Waals surface area contributed by atoms with E-state index in [4.69, 9.17) is 0 Å². The molecule has 1 unspecified atom stereocenters. The number of alkyl halides is 3. The van der Waals surface area contributed by atoms with Gasteiger partial charge in [-0.1, -0.05) is 0 Å². The number of aryl methyl sites for hydroxylation is 3. The van der Waals surface area contributed by atoms with Crippen molar-refractivity contribution in [3.8, 4) is 0 Å². The summed E-state index contributed by atoms with van der Waals surface area (Å²) in [5.74, 6) is -0.263. The number of hydrogen-bond donors (Lipinski definition) is 1. The first-order chi connectivity index (χ1) is 12.0. The molecule has 0 bridgehead atoms. The number of amides is 1. The summed E-state index contributed by atoms with van der Waals surface area (Å²) in [4.78, 5) is 12.2. The van der Waals surface area contributed by atoms with Crippen molar-refractivity contribution in [1.82, 2.24) is 24.9 Å². The molecule has 2 aromatic heterocycles. The predicted molar refractivity (Wildman–Crippen MR) is 93.5 cm³/mol. The molecule has 0 aliphatic rings. The van der Waals surface area contributed by atoms with E-state index in [1.165, 1.54) is 11.6 Å². The van der Waals surface area contributed by atoms with E-state index < -0.39 is 11.9 Å². The fourth-order valence-corrected chi connectivity index (χ4v) is 3.15. The SMILES string of the molecule is CCn1cc(C(C)NC(=O)CCn2nc(C(F)(F)F)c(Br)c2C)c(C)n1. The van der Waals surface area contributed by atoms with Crippen molar-refractivity contribution in [3.05, 3.63) is 33.3 Å². The van der Waals surface area contributed by atoms with E-state index in [9.17, 15) is 18.0 Å². The monoisotopic (exact) mass is 435 g/mol. The Hall–Kier alpha value is -1.84. The molecule has 0 fully saturated rings. The maximum Gasteiger partial charge on any atom is 0.436 e. The van der Waals surface area contributed by atoms with Crippen molar-refractivity contribution < 1.29 is 18.0 Å². The average Bonchev–Trinajstić information content (AvgIpc) is 3.06. The molecule has 6 nitrogen and oxygen atoms in total. The highest BCUT2D eigenvalue weighted by molar-refractivity contribution is 9.10. The molecule has 144 valence electrons. The molecular weight excluding hydrogens is 415 g/mol. The topological polar surface area (TPSA) is 64.7 Å². The Morgan fingerprint density at radius 1 is 1.35 bits per heavy atom. The minimum absolute atomic E-state index is 0.0254. The van der Waals surface area contributed by atoms with Crippen molar-refractivity contribution in [2.24, 2.45) is 0 Å². The number of aromatic nitrogens is 4. The molecule has 0 aliphatic carbocycles. The van der Waals surface area contributed by atoms with Gasteiger partial charge in [-0.2, -0.15) is 23.4 Å². The fourth-order valence-electron chi connectivity index (χ4n) is 2.64. The van der Waals surface area contributed by atoms with Gasteiger partial charge < -0.3 is 5.32 Å². The third-order valence-electron chi connectivity index (χ3n) is 4.10. The fraction of sp³-hybridized carbons (Fsp3) is 0.562. The van der Waals surface area contributed by atoms with Crippen molar-refractivity contribution >= 4 is 21.8 Å². The molecule has 0 saturated heterocycles. The zero-order valence-electron chi connectivity index (χ0n) is 15.0. The van der Waals surface area contributed by atoms with Crippen LogP contribution in [0.4, 0.5) is 13.2 Å². The molecule has 2 rings (SSSR count). The lowest BCUT2D eigenvalue weighted by Gasteiger charge is -2.13. The molecule has 10 heteroatoms. The van der Waals surface area contributed by atoms with Crippen LogP contribution in [0.1, 0.15) is 49.0 Å². The lowest BCUT2D eigenvalue weighted by atomic mass is 10.1. The average molecular weight is 436 g/mol. The van der Waals surface area contributed by atoms with E-state index in [0.29, 0.717) is 5.69 Å². The summed E-state index contributed by atoms with van der Waals surface area (Å²) in [6, 6.07) is -0.237. The standard InChI is InChI=1S/C16H21BrF3N5O/c1-5-24-8-12(10(3)22-24)9(2)21-13(26)6-7-25-11(4)14(17)15(23-25)16(18,19)20/h8-9H,5-7H2,1-4H3,(H,21,26). The summed E-state index contributed by atoms with van der Waals surface area (Å²) in [6.45, 7) is 8.00. The van der Waals surface area contributed by atoms with Crippen molar-refractivity contribution in [2.75, 3.05) is 0 Å². The predicted octanol–water partition coefficient (Wildman–Crippen LogP) is 3.77. The minimum atomic E-state index is -4.54. The quantitative estimate of drug-likeness (QED) is 0.750. The summed E-state index contributed by atoms with van der Waals surface area (Å²) in [6.07, 6.45) is -2.63. The van der Waals surface area contributed by atoms with E-state index >= 15 is 0 Å². The molecule has 1 N–H and O–H groups in total. The van der Waals surface area contributed by atoms with Crippen LogP contribution >= 0.6 is 15.9 Å². The maximum absolute atomic E-state index is 12.9. The first-order valence-corrected chi connectivity index (χ1v) is 8.97. The summed E-state index contributed by atoms with van der Waals surface area (Å²) in [5.41, 5.74) is 1.10. The van der Waals surface area contributed by atoms with Gasteiger partial charge in [0, 0.05) is 24.7 Å². The van der Waals surface area contributed by atoms with Crippen LogP contribution in [0.5, 0.6) is 0 Å². The van der Waals surface area contributed by atoms with Crippen molar-refractivity contribution in [2.45, 2.75) is 59.4 Å². The van der Waals surface area contributed by atoms with Gasteiger partial charge in [0.1, 0.15) is 0 Å². The van der Waals surface area contributed by atoms with Gasteiger partial charge in [-0.15, -0.1) is 0 Å². The second-order valence-corrected chi connectivity index (χ2v) is 6.83. The number of nitrogens with one attached hydrogen (secondary N) is 1. The minimum Gasteiger partial charge on any atom is -0.349 e. The third kappa shape index (κ3) is 4.46. The van der Waals surface area contributed by atoms with Crippen molar-refractivity contribution in [1.29, 1.82) is 0 Å². The summed E-state index contributed by atoms with van der Waals surface area (Å²) in [5, 5.41) is 10.8. The van der Waals surface area contributed by atoms with Gasteiger partial charge in [0.25, 0.3) is 0 Å². The van der Waals surface area contributed by atoms with Crippen LogP contribution in [0, 0.1) is 13.8 Å². The highest BCUT2D eigenvalue weighted by Crippen LogP contribution is 2.35. The number of nitrogens with zero attached hydrogens (tertiary/aromatic N) is 4. The largest absolute Gasteiger partial charge is 0.436 e. The van der Waals surface area contributed by atoms with Gasteiger partial charge >= 0.3 is 6.18 Å². The molecule has 0 saturated carbocycles. The maximum atomic E-state index is 12.9. The van der Waals surface area contributed by atoms with Gasteiger partial charge in [0.15, 0.2) is 5.69 Å². The molecule has 0 aromatic carbocycles. The van der Waals surface area contributed by atoms with Crippen LogP contribution in [0.3, 0.4) is 0 Å². The highest BCUT2D eigenvalue weighted by atomic mass is 79.9. The number of carbonyl (C=O) groups excluding carboxylic acids is 1. The number of hydrogen-bond acceptors (Lipinski definition) is 3. The first-order valence-electron chi connectivity index (χ1n) is 8.18. The van der Waals surface area contributed by atoms with E-state index in [2.05, 4.69) is 31.4 Å². The third-order valence-corrected chi connectivity index (χ3v) is 5.05. The van der Waals surface area contributed by atoms with Crippen LogP contribution in [-0.4, -0.2) is 25.5 Å². The summed E-state index contributed by atoms with van der Waals surface area (Å²) < 4.78 is 41.5. The van der Waals surface area contributed by atoms with Crippen LogP contribution in [0.2, 0.25) is 0 Å². The molecular formula is C16H21BrF3N5O. The second-order valence-electron chi connectivity index (χ2n) is 6.03. The van der Waals surface area contributed by atoms with Crippen LogP contribution in [-0.2, 0) is 24.1 Å². The molecule has 2 heterocycles. The van der Waals surface area contributed by atoms with Gasteiger partial charge in [-0.3, -0.25) is 14.2 Å². The Balaban J connectivity index is 2.00. The molecule has 0 radical (unpaired) electrons. The second kappa shape index (κ2) is 7.81. The normalized spacial score (nSPS) is 13.1. The van der Waals surface area contributed by atoms with E-state index in [-0.39, 0.29) is 29.4 Å². The molecule has 0 spiro atoms. The van der Waals surface area contributed by atoms with Gasteiger partial charge in [-0.05, 0) is 43.6 Å². The Morgan fingerprint density at radius 3 is 2.50 bits per heavy atom. The smallest absolute Gasteiger partial charge is 0.349 e. The number of halogens is 4. The zero-order chi connectivity index (χ0) is 19.6. The van der Waals surface area contributed by atoms with Gasteiger partial charge in [-0.25, -0.2) is 0 Å². The van der Waals surface area contributed by atoms with Crippen molar-refractivity contribution in [3.63, 3.8) is 0 Å². The summed E-state index contributed by atoms with van der Waals surface area (Å²) in [7, 11) is 0. The molecule has 0 aliphatic heterocycles. The lowest BCUT2D eigenvalue weighted by Crippen LogP contribution is -2.28. The van der Waals surface area contributed by atoms with Crippen LogP contribution in [0.15, 0.2) is 10.7 Å². The highest BCUT2D eigenvalue weighted by Gasteiger charge is 2.37. The lowest BCUT2D eigenvalue weighted by molar-refractivity contribution is -0.142. The van der Waals surface area contributed by atoms with Crippen LogP contribution in [0.25, 0.3) is 0 Å². The Bertz CT molecular complexity index is 797. The van der Waals surface area contributed by atoms with Gasteiger partial charge in [0.05, 0.1) is 28.4 Å². The van der Waals surface area contributed by atoms with E-state index in [1.54, 1.807) is 4.68 Å². The zero-order valence-corrected chi connectivity index (χ0v) is 16.6. The van der Waals surface area contributed by atoms with E-state index in [1.807, 2.05) is 27.0 Å². The molecule has 26 heavy (non-hydrogen) atoms. The molecule has 1 atom stereocenters. The first kappa shape index (κ1) is 20.5. The van der Waals surface area contributed by atoms with Gasteiger partial charge in [0.2, 0.25) is 5.91 Å². The Kier molecular flexibility index (Phi) is 6.15. The molecule has 2 aromatic rings. The number of carbonyl (C=O) groups is 1. The van der Waals surface area contributed by atoms with E-state index in [0.717, 1.165) is 17.8 Å². The Labute approximate surface area is 157 Å². The van der Waals surface area contributed by atoms with Crippen LogP contribution < -0.4 is 5.32 Å². The molecule has 1 amide bonds. The summed E-state index contributed by atoms with van der Waals surface area (Å²) >= 11 is 2.92.